The van der Waals surface area contributed by atoms with Gasteiger partial charge in [-0.15, -0.1) is 0 Å². The van der Waals surface area contributed by atoms with Gasteiger partial charge in [0.15, 0.2) is 0 Å². The van der Waals surface area contributed by atoms with Crippen LogP contribution in [0.3, 0.4) is 0 Å². The van der Waals surface area contributed by atoms with E-state index in [2.05, 4.69) is 19.2 Å². The number of ether oxygens (including phenoxy) is 1. The van der Waals surface area contributed by atoms with Gasteiger partial charge in [0.1, 0.15) is 0 Å². The van der Waals surface area contributed by atoms with E-state index in [1.54, 1.807) is 0 Å². The summed E-state index contributed by atoms with van der Waals surface area (Å²) in [5, 5.41) is 3.54. The highest BCUT2D eigenvalue weighted by atomic mass is 16.5. The second kappa shape index (κ2) is 8.52. The van der Waals surface area contributed by atoms with E-state index in [1.807, 2.05) is 6.92 Å². The van der Waals surface area contributed by atoms with Gasteiger partial charge in [-0.25, -0.2) is 0 Å². The molecular formula is C15H29NO2. The number of nitrogens with one attached hydrogen (secondary N) is 1. The molecule has 0 aromatic rings. The Morgan fingerprint density at radius 3 is 2.50 bits per heavy atom. The van der Waals surface area contributed by atoms with Crippen LogP contribution in [-0.2, 0) is 9.53 Å². The number of rotatable bonds is 7. The molecule has 1 N–H and O–H groups in total. The third kappa shape index (κ3) is 5.38. The van der Waals surface area contributed by atoms with Gasteiger partial charge in [0.05, 0.1) is 13.0 Å². The van der Waals surface area contributed by atoms with Gasteiger partial charge in [-0.3, -0.25) is 4.79 Å². The van der Waals surface area contributed by atoms with Crippen molar-refractivity contribution in [3.8, 4) is 0 Å². The largest absolute Gasteiger partial charge is 0.466 e. The lowest BCUT2D eigenvalue weighted by molar-refractivity contribution is -0.144. The predicted molar refractivity (Wildman–Crippen MR) is 74.5 cm³/mol. The zero-order valence-corrected chi connectivity index (χ0v) is 12.2. The Morgan fingerprint density at radius 2 is 1.94 bits per heavy atom. The number of esters is 1. The molecule has 0 radical (unpaired) electrons. The minimum Gasteiger partial charge on any atom is -0.466 e. The van der Waals surface area contributed by atoms with Crippen molar-refractivity contribution in [1.82, 2.24) is 5.32 Å². The molecule has 3 nitrogen and oxygen atoms in total. The Labute approximate surface area is 112 Å². The van der Waals surface area contributed by atoms with E-state index >= 15 is 0 Å². The Balaban J connectivity index is 2.46. The number of hydrogen-bond acceptors (Lipinski definition) is 3. The van der Waals surface area contributed by atoms with Gasteiger partial charge in [0.25, 0.3) is 0 Å². The molecular weight excluding hydrogens is 226 g/mol. The van der Waals surface area contributed by atoms with Crippen LogP contribution in [0.15, 0.2) is 0 Å². The van der Waals surface area contributed by atoms with E-state index in [-0.39, 0.29) is 5.97 Å². The summed E-state index contributed by atoms with van der Waals surface area (Å²) in [6.45, 7) is 7.85. The van der Waals surface area contributed by atoms with Crippen molar-refractivity contribution in [3.05, 3.63) is 0 Å². The zero-order chi connectivity index (χ0) is 13.4. The highest BCUT2D eigenvalue weighted by Gasteiger charge is 2.27. The molecule has 0 heterocycles. The van der Waals surface area contributed by atoms with Gasteiger partial charge >= 0.3 is 5.97 Å². The molecule has 106 valence electrons. The fourth-order valence-electron chi connectivity index (χ4n) is 2.82. The summed E-state index contributed by atoms with van der Waals surface area (Å²) in [7, 11) is 0. The highest BCUT2D eigenvalue weighted by Crippen LogP contribution is 2.31. The van der Waals surface area contributed by atoms with Gasteiger partial charge in [-0.05, 0) is 44.6 Å². The molecule has 0 aromatic carbocycles. The molecule has 1 aliphatic rings. The second-order valence-corrected chi connectivity index (χ2v) is 5.59. The minimum atomic E-state index is -0.0512. The van der Waals surface area contributed by atoms with Crippen LogP contribution in [0.25, 0.3) is 0 Å². The summed E-state index contributed by atoms with van der Waals surface area (Å²) in [4.78, 5) is 11.7. The lowest BCUT2D eigenvalue weighted by Crippen LogP contribution is -2.40. The molecule has 0 amide bonds. The normalized spacial score (nSPS) is 25.7. The lowest BCUT2D eigenvalue weighted by atomic mass is 9.78. The van der Waals surface area contributed by atoms with Crippen molar-refractivity contribution >= 4 is 5.97 Å². The summed E-state index contributed by atoms with van der Waals surface area (Å²) < 4.78 is 5.09. The van der Waals surface area contributed by atoms with E-state index in [0.29, 0.717) is 25.0 Å². The van der Waals surface area contributed by atoms with Crippen molar-refractivity contribution < 1.29 is 9.53 Å². The maximum absolute atomic E-state index is 11.7. The molecule has 1 aliphatic carbocycles. The smallest absolute Gasteiger partial charge is 0.307 e. The summed E-state index contributed by atoms with van der Waals surface area (Å²) in [5.74, 6) is 1.46. The maximum atomic E-state index is 11.7. The van der Waals surface area contributed by atoms with Crippen molar-refractivity contribution in [2.75, 3.05) is 13.2 Å². The predicted octanol–water partition coefficient (Wildman–Crippen LogP) is 3.13. The van der Waals surface area contributed by atoms with Gasteiger partial charge in [-0.1, -0.05) is 26.7 Å². The van der Waals surface area contributed by atoms with E-state index in [4.69, 9.17) is 4.74 Å². The van der Waals surface area contributed by atoms with Crippen LogP contribution in [0, 0.1) is 11.8 Å². The van der Waals surface area contributed by atoms with Crippen LogP contribution < -0.4 is 5.32 Å². The first-order valence-corrected chi connectivity index (χ1v) is 7.56. The minimum absolute atomic E-state index is 0.0512. The fourth-order valence-corrected chi connectivity index (χ4v) is 2.82. The molecule has 0 spiro atoms. The van der Waals surface area contributed by atoms with E-state index in [0.717, 1.165) is 18.9 Å². The van der Waals surface area contributed by atoms with Gasteiger partial charge in [-0.2, -0.15) is 0 Å². The van der Waals surface area contributed by atoms with Crippen LogP contribution in [0.2, 0.25) is 0 Å². The third-order valence-corrected chi connectivity index (χ3v) is 3.98. The lowest BCUT2D eigenvalue weighted by Gasteiger charge is -2.33. The molecule has 3 heteroatoms. The molecule has 0 saturated heterocycles. The molecule has 0 aliphatic heterocycles. The Morgan fingerprint density at radius 1 is 1.28 bits per heavy atom. The standard InChI is InChI=1S/C15H29NO2/c1-4-10-16-14(11-15(17)18-5-2)13-8-6-12(3)7-9-13/h12-14,16H,4-11H2,1-3H3. The zero-order valence-electron chi connectivity index (χ0n) is 12.2. The van der Waals surface area contributed by atoms with Gasteiger partial charge in [0, 0.05) is 6.04 Å². The van der Waals surface area contributed by atoms with Crippen molar-refractivity contribution in [1.29, 1.82) is 0 Å². The first-order valence-electron chi connectivity index (χ1n) is 7.56. The summed E-state index contributed by atoms with van der Waals surface area (Å²) >= 11 is 0. The van der Waals surface area contributed by atoms with E-state index in [1.165, 1.54) is 25.7 Å². The first kappa shape index (κ1) is 15.5. The van der Waals surface area contributed by atoms with Crippen molar-refractivity contribution in [3.63, 3.8) is 0 Å². The summed E-state index contributed by atoms with van der Waals surface area (Å²) in [6, 6.07) is 0.316. The Bertz CT molecular complexity index is 235. The molecule has 1 rings (SSSR count). The number of carbonyl (C=O) groups excluding carboxylic acids is 1. The van der Waals surface area contributed by atoms with Crippen LogP contribution in [-0.4, -0.2) is 25.2 Å². The fraction of sp³-hybridized carbons (Fsp3) is 0.933. The Kier molecular flexibility index (Phi) is 7.33. The number of hydrogen-bond donors (Lipinski definition) is 1. The maximum Gasteiger partial charge on any atom is 0.307 e. The molecule has 1 unspecified atom stereocenters. The first-order chi connectivity index (χ1) is 8.67. The SMILES string of the molecule is CCCNC(CC(=O)OCC)C1CCC(C)CC1. The quantitative estimate of drug-likeness (QED) is 0.710. The van der Waals surface area contributed by atoms with E-state index < -0.39 is 0 Å². The molecule has 1 saturated carbocycles. The van der Waals surface area contributed by atoms with Crippen molar-refractivity contribution in [2.45, 2.75) is 65.3 Å². The van der Waals surface area contributed by atoms with Crippen LogP contribution >= 0.6 is 0 Å². The van der Waals surface area contributed by atoms with Gasteiger partial charge in [0.2, 0.25) is 0 Å². The molecule has 0 aromatic heterocycles. The van der Waals surface area contributed by atoms with E-state index in [9.17, 15) is 4.79 Å². The van der Waals surface area contributed by atoms with Crippen LogP contribution in [0.4, 0.5) is 0 Å². The topological polar surface area (TPSA) is 38.3 Å². The average Bonchev–Trinajstić information content (AvgIpc) is 2.36. The average molecular weight is 255 g/mol. The summed E-state index contributed by atoms with van der Waals surface area (Å²) in [5.41, 5.74) is 0. The Hall–Kier alpha value is -0.570. The van der Waals surface area contributed by atoms with Gasteiger partial charge < -0.3 is 10.1 Å². The molecule has 1 fully saturated rings. The summed E-state index contributed by atoms with van der Waals surface area (Å²) in [6.07, 6.45) is 6.76. The molecule has 18 heavy (non-hydrogen) atoms. The monoisotopic (exact) mass is 255 g/mol. The molecule has 1 atom stereocenters. The van der Waals surface area contributed by atoms with Crippen molar-refractivity contribution in [2.24, 2.45) is 11.8 Å². The molecule has 0 bridgehead atoms. The van der Waals surface area contributed by atoms with Crippen LogP contribution in [0.5, 0.6) is 0 Å². The van der Waals surface area contributed by atoms with Crippen LogP contribution in [0.1, 0.15) is 59.3 Å². The number of carbonyl (C=O) groups is 1. The highest BCUT2D eigenvalue weighted by molar-refractivity contribution is 5.70. The second-order valence-electron chi connectivity index (χ2n) is 5.59. The third-order valence-electron chi connectivity index (χ3n) is 3.98.